The van der Waals surface area contributed by atoms with Crippen LogP contribution >= 0.6 is 0 Å². The predicted octanol–water partition coefficient (Wildman–Crippen LogP) is 0.410. The molecule has 1 heterocycles. The maximum atomic E-state index is 11.7. The molecule has 0 unspecified atom stereocenters. The van der Waals surface area contributed by atoms with E-state index in [9.17, 15) is 18.3 Å². The topological polar surface area (TPSA) is 107 Å². The molecule has 94 valence electrons. The molecule has 1 aliphatic rings. The molecule has 0 spiro atoms. The van der Waals surface area contributed by atoms with Crippen LogP contribution in [0.2, 0.25) is 0 Å². The van der Waals surface area contributed by atoms with Crippen LogP contribution in [0.25, 0.3) is 0 Å². The van der Waals surface area contributed by atoms with Crippen molar-refractivity contribution >= 4 is 15.8 Å². The summed E-state index contributed by atoms with van der Waals surface area (Å²) >= 11 is 0. The lowest BCUT2D eigenvalue weighted by Crippen LogP contribution is -2.16. The van der Waals surface area contributed by atoms with Gasteiger partial charge < -0.3 is 15.6 Å². The van der Waals surface area contributed by atoms with Gasteiger partial charge in [-0.2, -0.15) is 0 Å². The number of benzene rings is 1. The zero-order valence-corrected chi connectivity index (χ0v) is 9.85. The molecular formula is C11H9NO5S. The fourth-order valence-electron chi connectivity index (χ4n) is 1.33. The summed E-state index contributed by atoms with van der Waals surface area (Å²) in [4.78, 5) is 11.7. The molecule has 0 radical (unpaired) electrons. The van der Waals surface area contributed by atoms with Gasteiger partial charge in [0.1, 0.15) is 5.03 Å². The van der Waals surface area contributed by atoms with Crippen molar-refractivity contribution in [1.82, 2.24) is 0 Å². The van der Waals surface area contributed by atoms with E-state index in [0.717, 1.165) is 11.5 Å². The van der Waals surface area contributed by atoms with Crippen LogP contribution in [0.5, 0.6) is 11.5 Å². The number of rotatable bonds is 2. The lowest BCUT2D eigenvalue weighted by molar-refractivity contribution is -0.129. The molecule has 0 bridgehead atoms. The SMILES string of the molecule is NC1=C(C(=O)Oc2ccccc2O)C=CS1(=O)=O. The van der Waals surface area contributed by atoms with E-state index in [2.05, 4.69) is 0 Å². The van der Waals surface area contributed by atoms with Gasteiger partial charge in [-0.15, -0.1) is 0 Å². The standard InChI is InChI=1S/C11H9NO5S/c12-10-7(5-6-18(10,15)16)11(14)17-9-4-2-1-3-8(9)13/h1-6,13H,12H2. The number of hydrogen-bond donors (Lipinski definition) is 2. The van der Waals surface area contributed by atoms with Crippen molar-refractivity contribution in [2.45, 2.75) is 0 Å². The van der Waals surface area contributed by atoms with E-state index in [1.54, 1.807) is 12.1 Å². The highest BCUT2D eigenvalue weighted by atomic mass is 32.2. The number of carbonyl (C=O) groups is 1. The monoisotopic (exact) mass is 267 g/mol. The normalized spacial score (nSPS) is 16.9. The smallest absolute Gasteiger partial charge is 0.346 e. The Balaban J connectivity index is 2.29. The maximum Gasteiger partial charge on any atom is 0.346 e. The molecule has 18 heavy (non-hydrogen) atoms. The summed E-state index contributed by atoms with van der Waals surface area (Å²) in [6.45, 7) is 0. The zero-order valence-electron chi connectivity index (χ0n) is 9.03. The van der Waals surface area contributed by atoms with E-state index < -0.39 is 20.8 Å². The van der Waals surface area contributed by atoms with Gasteiger partial charge in [-0.1, -0.05) is 12.1 Å². The lowest BCUT2D eigenvalue weighted by atomic mass is 10.3. The van der Waals surface area contributed by atoms with Gasteiger partial charge in [0.25, 0.3) is 0 Å². The summed E-state index contributed by atoms with van der Waals surface area (Å²) in [5, 5.41) is 9.68. The number of nitrogens with two attached hydrogens (primary N) is 1. The van der Waals surface area contributed by atoms with Crippen molar-refractivity contribution < 1.29 is 23.1 Å². The Labute approximate surface area is 103 Å². The third kappa shape index (κ3) is 2.07. The number of aromatic hydroxyl groups is 1. The van der Waals surface area contributed by atoms with E-state index in [4.69, 9.17) is 10.5 Å². The first-order chi connectivity index (χ1) is 8.42. The lowest BCUT2D eigenvalue weighted by Gasteiger charge is -2.05. The summed E-state index contributed by atoms with van der Waals surface area (Å²) in [5.41, 5.74) is 5.06. The average molecular weight is 267 g/mol. The van der Waals surface area contributed by atoms with Crippen LogP contribution in [0.3, 0.4) is 0 Å². The number of esters is 1. The van der Waals surface area contributed by atoms with Crippen LogP contribution in [-0.4, -0.2) is 19.5 Å². The number of ether oxygens (including phenoxy) is 1. The quantitative estimate of drug-likeness (QED) is 0.593. The maximum absolute atomic E-state index is 11.7. The van der Waals surface area contributed by atoms with Crippen molar-refractivity contribution in [2.24, 2.45) is 5.73 Å². The second kappa shape index (κ2) is 4.19. The Morgan fingerprint density at radius 2 is 1.94 bits per heavy atom. The Hall–Kier alpha value is -2.28. The van der Waals surface area contributed by atoms with Gasteiger partial charge in [0.15, 0.2) is 11.5 Å². The van der Waals surface area contributed by atoms with Crippen LogP contribution in [0.1, 0.15) is 0 Å². The van der Waals surface area contributed by atoms with Crippen molar-refractivity contribution in [3.8, 4) is 11.5 Å². The molecule has 2 rings (SSSR count). The fraction of sp³-hybridized carbons (Fsp3) is 0. The predicted molar refractivity (Wildman–Crippen MR) is 63.0 cm³/mol. The average Bonchev–Trinajstić information content (AvgIpc) is 2.58. The van der Waals surface area contributed by atoms with Crippen molar-refractivity contribution in [3.63, 3.8) is 0 Å². The number of hydrogen-bond acceptors (Lipinski definition) is 6. The van der Waals surface area contributed by atoms with Crippen molar-refractivity contribution in [2.75, 3.05) is 0 Å². The minimum atomic E-state index is -3.71. The third-order valence-electron chi connectivity index (χ3n) is 2.27. The molecule has 0 aliphatic carbocycles. The second-order valence-corrected chi connectivity index (χ2v) is 5.28. The van der Waals surface area contributed by atoms with Crippen molar-refractivity contribution in [1.29, 1.82) is 0 Å². The summed E-state index contributed by atoms with van der Waals surface area (Å²) in [5.74, 6) is -1.23. The summed E-state index contributed by atoms with van der Waals surface area (Å²) in [6, 6.07) is 5.82. The van der Waals surface area contributed by atoms with Gasteiger partial charge in [-0.25, -0.2) is 13.2 Å². The van der Waals surface area contributed by atoms with Gasteiger partial charge in [-0.05, 0) is 18.2 Å². The highest BCUT2D eigenvalue weighted by Crippen LogP contribution is 2.27. The minimum Gasteiger partial charge on any atom is -0.504 e. The largest absolute Gasteiger partial charge is 0.504 e. The molecule has 0 fully saturated rings. The van der Waals surface area contributed by atoms with E-state index in [-0.39, 0.29) is 17.1 Å². The number of sulfone groups is 1. The number of para-hydroxylation sites is 2. The van der Waals surface area contributed by atoms with Crippen molar-refractivity contribution in [3.05, 3.63) is 46.4 Å². The van der Waals surface area contributed by atoms with Gasteiger partial charge in [0.2, 0.25) is 9.84 Å². The summed E-state index contributed by atoms with van der Waals surface area (Å²) in [6.07, 6.45) is 1.06. The molecule has 3 N–H and O–H groups in total. The highest BCUT2D eigenvalue weighted by molar-refractivity contribution is 7.98. The molecular weight excluding hydrogens is 258 g/mol. The van der Waals surface area contributed by atoms with Gasteiger partial charge in [-0.3, -0.25) is 0 Å². The molecule has 6 nitrogen and oxygen atoms in total. The van der Waals surface area contributed by atoms with E-state index in [1.165, 1.54) is 12.1 Å². The highest BCUT2D eigenvalue weighted by Gasteiger charge is 2.27. The molecule has 7 heteroatoms. The molecule has 0 aromatic heterocycles. The Kier molecular flexibility index (Phi) is 2.84. The molecule has 1 aromatic carbocycles. The van der Waals surface area contributed by atoms with E-state index >= 15 is 0 Å². The zero-order chi connectivity index (χ0) is 13.3. The first-order valence-electron chi connectivity index (χ1n) is 4.85. The van der Waals surface area contributed by atoms with Crippen LogP contribution in [-0.2, 0) is 14.6 Å². The second-order valence-electron chi connectivity index (χ2n) is 3.48. The van der Waals surface area contributed by atoms with Gasteiger partial charge in [0, 0.05) is 5.41 Å². The minimum absolute atomic E-state index is 0.0690. The first kappa shape index (κ1) is 12.2. The number of phenols is 1. The number of phenolic OH excluding ortho intramolecular Hbond substituents is 1. The first-order valence-corrected chi connectivity index (χ1v) is 6.39. The molecule has 1 aliphatic heterocycles. The Bertz CT molecular complexity index is 672. The molecule has 0 atom stereocenters. The van der Waals surface area contributed by atoms with Gasteiger partial charge >= 0.3 is 5.97 Å². The number of carbonyl (C=O) groups excluding carboxylic acids is 1. The Morgan fingerprint density at radius 1 is 1.28 bits per heavy atom. The Morgan fingerprint density at radius 3 is 2.50 bits per heavy atom. The van der Waals surface area contributed by atoms with Crippen LogP contribution < -0.4 is 10.5 Å². The molecule has 1 aromatic rings. The molecule has 0 saturated carbocycles. The van der Waals surface area contributed by atoms with E-state index in [0.29, 0.717) is 0 Å². The fourth-order valence-corrected chi connectivity index (χ4v) is 2.25. The van der Waals surface area contributed by atoms with Crippen LogP contribution in [0.4, 0.5) is 0 Å². The summed E-state index contributed by atoms with van der Waals surface area (Å²) in [7, 11) is -3.71. The van der Waals surface area contributed by atoms with Gasteiger partial charge in [0.05, 0.1) is 5.57 Å². The van der Waals surface area contributed by atoms with Crippen LogP contribution in [0.15, 0.2) is 46.4 Å². The molecule has 0 saturated heterocycles. The van der Waals surface area contributed by atoms with Crippen LogP contribution in [0, 0.1) is 0 Å². The third-order valence-corrected chi connectivity index (χ3v) is 3.60. The summed E-state index contributed by atoms with van der Waals surface area (Å²) < 4.78 is 27.4. The van der Waals surface area contributed by atoms with E-state index in [1.807, 2.05) is 0 Å². The molecule has 0 amide bonds.